The average molecular weight is 354 g/mol. The number of amides is 2. The van der Waals surface area contributed by atoms with E-state index < -0.39 is 11.7 Å². The number of rotatable bonds is 3. The third-order valence-corrected chi connectivity index (χ3v) is 6.35. The Bertz CT molecular complexity index is 894. The molecule has 2 fully saturated rings. The first-order valence-electron chi connectivity index (χ1n) is 9.05. The fraction of sp³-hybridized carbons (Fsp3) is 0.400. The molecule has 3 atom stereocenters. The standard InChI is InChI=1S/C20H19FN2O3/c21-15-4-1-3-13-14(19(25)22-18(13)15)11-17(24)23-9-7-12-6-8-20(12,23)16-5-2-10-26-16/h1-5,10,12,14H,6-9,11H2,(H,22,25)/t12-,14?,20-/m0/s1. The van der Waals surface area contributed by atoms with Crippen LogP contribution in [0.4, 0.5) is 10.1 Å². The van der Waals surface area contributed by atoms with Gasteiger partial charge in [0.1, 0.15) is 17.1 Å². The van der Waals surface area contributed by atoms with Crippen molar-refractivity contribution in [2.45, 2.75) is 37.1 Å². The Morgan fingerprint density at radius 2 is 2.19 bits per heavy atom. The van der Waals surface area contributed by atoms with Gasteiger partial charge in [0.15, 0.2) is 0 Å². The minimum atomic E-state index is -0.638. The zero-order chi connectivity index (χ0) is 17.9. The van der Waals surface area contributed by atoms with E-state index in [1.807, 2.05) is 17.0 Å². The van der Waals surface area contributed by atoms with Crippen LogP contribution < -0.4 is 5.32 Å². The van der Waals surface area contributed by atoms with E-state index in [1.54, 1.807) is 18.4 Å². The summed E-state index contributed by atoms with van der Waals surface area (Å²) < 4.78 is 19.6. The van der Waals surface area contributed by atoms with Crippen LogP contribution in [0.2, 0.25) is 0 Å². The third kappa shape index (κ3) is 1.95. The number of hydrogen-bond donors (Lipinski definition) is 1. The first kappa shape index (κ1) is 15.6. The zero-order valence-corrected chi connectivity index (χ0v) is 14.2. The van der Waals surface area contributed by atoms with Gasteiger partial charge in [-0.3, -0.25) is 9.59 Å². The van der Waals surface area contributed by atoms with Crippen LogP contribution in [0.3, 0.4) is 0 Å². The maximum Gasteiger partial charge on any atom is 0.232 e. The van der Waals surface area contributed by atoms with E-state index in [0.29, 0.717) is 18.0 Å². The van der Waals surface area contributed by atoms with Gasteiger partial charge in [-0.15, -0.1) is 0 Å². The van der Waals surface area contributed by atoms with Gasteiger partial charge < -0.3 is 14.6 Å². The predicted octanol–water partition coefficient (Wildman–Crippen LogP) is 3.38. The first-order valence-corrected chi connectivity index (χ1v) is 9.05. The van der Waals surface area contributed by atoms with Crippen LogP contribution in [0.15, 0.2) is 41.0 Å². The van der Waals surface area contributed by atoms with Crippen molar-refractivity contribution in [2.75, 3.05) is 11.9 Å². The molecule has 0 spiro atoms. The van der Waals surface area contributed by atoms with E-state index in [4.69, 9.17) is 4.42 Å². The lowest BCUT2D eigenvalue weighted by Gasteiger charge is -2.48. The maximum absolute atomic E-state index is 13.9. The lowest BCUT2D eigenvalue weighted by Crippen LogP contribution is -2.53. The minimum Gasteiger partial charge on any atom is -0.467 e. The van der Waals surface area contributed by atoms with Crippen LogP contribution in [0.1, 0.15) is 42.9 Å². The van der Waals surface area contributed by atoms with Crippen molar-refractivity contribution < 1.29 is 18.4 Å². The fourth-order valence-electron chi connectivity index (χ4n) is 4.98. The quantitative estimate of drug-likeness (QED) is 0.919. The molecule has 3 heterocycles. The molecule has 26 heavy (non-hydrogen) atoms. The Labute approximate surface area is 150 Å². The van der Waals surface area contributed by atoms with E-state index in [9.17, 15) is 14.0 Å². The van der Waals surface area contributed by atoms with Gasteiger partial charge in [-0.1, -0.05) is 12.1 Å². The number of furan rings is 1. The predicted molar refractivity (Wildman–Crippen MR) is 91.8 cm³/mol. The third-order valence-electron chi connectivity index (χ3n) is 6.35. The van der Waals surface area contributed by atoms with Crippen LogP contribution in [0.25, 0.3) is 0 Å². The number of hydrogen-bond acceptors (Lipinski definition) is 3. The van der Waals surface area contributed by atoms with E-state index in [1.165, 1.54) is 6.07 Å². The van der Waals surface area contributed by atoms with E-state index in [0.717, 1.165) is 25.0 Å². The summed E-state index contributed by atoms with van der Waals surface area (Å²) in [6.45, 7) is 0.675. The van der Waals surface area contributed by atoms with Gasteiger partial charge in [0.2, 0.25) is 11.8 Å². The second-order valence-electron chi connectivity index (χ2n) is 7.42. The summed E-state index contributed by atoms with van der Waals surface area (Å²) in [5.74, 6) is -0.226. The van der Waals surface area contributed by atoms with Crippen LogP contribution >= 0.6 is 0 Å². The van der Waals surface area contributed by atoms with Crippen molar-refractivity contribution in [1.29, 1.82) is 0 Å². The van der Waals surface area contributed by atoms with Gasteiger partial charge in [0, 0.05) is 13.0 Å². The summed E-state index contributed by atoms with van der Waals surface area (Å²) in [7, 11) is 0. The number of nitrogens with zero attached hydrogens (tertiary/aromatic N) is 1. The molecule has 0 radical (unpaired) electrons. The normalized spacial score (nSPS) is 29.1. The minimum absolute atomic E-state index is 0.0530. The summed E-state index contributed by atoms with van der Waals surface area (Å²) in [4.78, 5) is 27.4. The molecule has 3 aliphatic rings. The molecule has 2 amide bonds. The van der Waals surface area contributed by atoms with Crippen LogP contribution in [-0.2, 0) is 15.1 Å². The molecule has 2 aromatic rings. The Balaban J connectivity index is 1.43. The highest BCUT2D eigenvalue weighted by atomic mass is 19.1. The molecule has 2 aliphatic heterocycles. The van der Waals surface area contributed by atoms with Crippen molar-refractivity contribution in [3.8, 4) is 0 Å². The van der Waals surface area contributed by atoms with E-state index in [-0.39, 0.29) is 29.5 Å². The molecule has 5 nitrogen and oxygen atoms in total. The van der Waals surface area contributed by atoms with E-state index in [2.05, 4.69) is 5.32 Å². The van der Waals surface area contributed by atoms with Crippen LogP contribution in [-0.4, -0.2) is 23.3 Å². The number of halogens is 1. The molecule has 1 aromatic heterocycles. The lowest BCUT2D eigenvalue weighted by molar-refractivity contribution is -0.143. The van der Waals surface area contributed by atoms with Crippen molar-refractivity contribution in [3.05, 3.63) is 53.7 Å². The highest BCUT2D eigenvalue weighted by Crippen LogP contribution is 2.57. The highest BCUT2D eigenvalue weighted by molar-refractivity contribution is 6.05. The number of para-hydroxylation sites is 1. The number of likely N-dealkylation sites (tertiary alicyclic amines) is 1. The van der Waals surface area contributed by atoms with Gasteiger partial charge >= 0.3 is 0 Å². The maximum atomic E-state index is 13.9. The van der Waals surface area contributed by atoms with E-state index >= 15 is 0 Å². The summed E-state index contributed by atoms with van der Waals surface area (Å²) in [5, 5.41) is 2.58. The smallest absolute Gasteiger partial charge is 0.232 e. The summed E-state index contributed by atoms with van der Waals surface area (Å²) in [6, 6.07) is 8.39. The number of carbonyl (C=O) groups excluding carboxylic acids is 2. The fourth-order valence-corrected chi connectivity index (χ4v) is 4.98. The molecular weight excluding hydrogens is 335 g/mol. The topological polar surface area (TPSA) is 62.6 Å². The number of fused-ring (bicyclic) bond motifs is 2. The van der Waals surface area contributed by atoms with Crippen molar-refractivity contribution in [3.63, 3.8) is 0 Å². The molecule has 1 N–H and O–H groups in total. The van der Waals surface area contributed by atoms with Gasteiger partial charge in [0.25, 0.3) is 0 Å². The summed E-state index contributed by atoms with van der Waals surface area (Å²) >= 11 is 0. The highest BCUT2D eigenvalue weighted by Gasteiger charge is 2.59. The molecular formula is C20H19FN2O3. The largest absolute Gasteiger partial charge is 0.467 e. The zero-order valence-electron chi connectivity index (χ0n) is 14.2. The number of benzene rings is 1. The molecule has 1 aliphatic carbocycles. The van der Waals surface area contributed by atoms with Gasteiger partial charge in [0.05, 0.1) is 17.9 Å². The number of anilines is 1. The molecule has 5 rings (SSSR count). The van der Waals surface area contributed by atoms with Gasteiger partial charge in [-0.2, -0.15) is 0 Å². The number of carbonyl (C=O) groups is 2. The lowest BCUT2D eigenvalue weighted by atomic mass is 9.65. The average Bonchev–Trinajstić information content (AvgIpc) is 3.28. The Hall–Kier alpha value is -2.63. The van der Waals surface area contributed by atoms with Crippen LogP contribution in [0, 0.1) is 11.7 Å². The molecule has 1 unspecified atom stereocenters. The molecule has 134 valence electrons. The monoisotopic (exact) mass is 354 g/mol. The van der Waals surface area contributed by atoms with Gasteiger partial charge in [-0.05, 0) is 48.9 Å². The van der Waals surface area contributed by atoms with Crippen molar-refractivity contribution in [1.82, 2.24) is 4.90 Å². The molecule has 1 saturated carbocycles. The molecule has 1 aromatic carbocycles. The summed E-state index contributed by atoms with van der Waals surface area (Å²) in [6.07, 6.45) is 4.62. The molecule has 0 bridgehead atoms. The second-order valence-corrected chi connectivity index (χ2v) is 7.42. The Morgan fingerprint density at radius 1 is 1.31 bits per heavy atom. The molecule has 6 heteroatoms. The Morgan fingerprint density at radius 3 is 2.92 bits per heavy atom. The first-order chi connectivity index (χ1) is 12.6. The number of nitrogens with one attached hydrogen (secondary N) is 1. The molecule has 1 saturated heterocycles. The van der Waals surface area contributed by atoms with Crippen molar-refractivity contribution in [2.24, 2.45) is 5.92 Å². The van der Waals surface area contributed by atoms with Crippen molar-refractivity contribution >= 4 is 17.5 Å². The Kier molecular flexibility index (Phi) is 3.26. The van der Waals surface area contributed by atoms with Gasteiger partial charge in [-0.25, -0.2) is 4.39 Å². The van der Waals surface area contributed by atoms with Crippen LogP contribution in [0.5, 0.6) is 0 Å². The summed E-state index contributed by atoms with van der Waals surface area (Å²) in [5.41, 5.74) is 0.416. The second kappa shape index (κ2) is 5.43. The SMILES string of the molecule is O=C1Nc2c(F)cccc2C1CC(=O)N1CC[C@@H]2CC[C@@]21c1ccco1.